The molecule has 0 saturated heterocycles. The highest BCUT2D eigenvalue weighted by atomic mass is 35.5. The van der Waals surface area contributed by atoms with Crippen LogP contribution in [0.15, 0.2) is 23.1 Å². The third-order valence-corrected chi connectivity index (χ3v) is 4.79. The summed E-state index contributed by atoms with van der Waals surface area (Å²) in [6.45, 7) is -1.82. The fraction of sp³-hybridized carbons (Fsp3) is 0.455. The Balaban J connectivity index is 3.15. The molecule has 0 radical (unpaired) electrons. The number of aliphatic hydroxyl groups is 1. The second-order valence-corrected chi connectivity index (χ2v) is 6.28. The first-order valence-corrected chi connectivity index (χ1v) is 7.52. The van der Waals surface area contributed by atoms with Gasteiger partial charge >= 0.3 is 0 Å². The van der Waals surface area contributed by atoms with E-state index < -0.39 is 36.1 Å². The van der Waals surface area contributed by atoms with Crippen molar-refractivity contribution in [2.75, 3.05) is 19.7 Å². The molecule has 114 valence electrons. The molecule has 0 aliphatic heterocycles. The van der Waals surface area contributed by atoms with Gasteiger partial charge in [0.1, 0.15) is 0 Å². The number of benzene rings is 1. The molecule has 0 spiro atoms. The zero-order chi connectivity index (χ0) is 15.3. The molecule has 1 aromatic rings. The van der Waals surface area contributed by atoms with Gasteiger partial charge < -0.3 is 10.8 Å². The van der Waals surface area contributed by atoms with Gasteiger partial charge in [-0.25, -0.2) is 17.2 Å². The van der Waals surface area contributed by atoms with E-state index in [-0.39, 0.29) is 16.5 Å². The Labute approximate surface area is 121 Å². The average molecular weight is 329 g/mol. The molecular weight excluding hydrogens is 314 g/mol. The molecule has 1 rings (SSSR count). The van der Waals surface area contributed by atoms with Crippen molar-refractivity contribution in [2.24, 2.45) is 5.73 Å². The summed E-state index contributed by atoms with van der Waals surface area (Å²) in [5, 5.41) is 8.95. The van der Waals surface area contributed by atoms with Gasteiger partial charge in [-0.05, 0) is 17.7 Å². The maximum atomic E-state index is 12.4. The zero-order valence-electron chi connectivity index (χ0n) is 10.5. The van der Waals surface area contributed by atoms with Crippen LogP contribution in [0.25, 0.3) is 0 Å². The quantitative estimate of drug-likeness (QED) is 0.783. The lowest BCUT2D eigenvalue weighted by Gasteiger charge is -2.21. The van der Waals surface area contributed by atoms with Crippen molar-refractivity contribution >= 4 is 21.6 Å². The molecule has 0 heterocycles. The first-order chi connectivity index (χ1) is 9.32. The maximum Gasteiger partial charge on any atom is 0.252 e. The third-order valence-electron chi connectivity index (χ3n) is 2.57. The minimum Gasteiger partial charge on any atom is -0.395 e. The van der Waals surface area contributed by atoms with E-state index in [0.29, 0.717) is 9.87 Å². The van der Waals surface area contributed by atoms with E-state index in [9.17, 15) is 17.2 Å². The van der Waals surface area contributed by atoms with Crippen molar-refractivity contribution in [2.45, 2.75) is 17.9 Å². The lowest BCUT2D eigenvalue weighted by molar-refractivity contribution is 0.113. The van der Waals surface area contributed by atoms with E-state index >= 15 is 0 Å². The van der Waals surface area contributed by atoms with E-state index in [1.807, 2.05) is 0 Å². The number of rotatable bonds is 7. The minimum atomic E-state index is -4.14. The van der Waals surface area contributed by atoms with Gasteiger partial charge in [-0.15, -0.1) is 0 Å². The van der Waals surface area contributed by atoms with Crippen LogP contribution >= 0.6 is 11.6 Å². The molecule has 0 atom stereocenters. The van der Waals surface area contributed by atoms with Crippen LogP contribution < -0.4 is 5.73 Å². The Morgan fingerprint density at radius 3 is 2.50 bits per heavy atom. The predicted octanol–water partition coefficient (Wildman–Crippen LogP) is 1.05. The summed E-state index contributed by atoms with van der Waals surface area (Å²) in [4.78, 5) is -0.214. The summed E-state index contributed by atoms with van der Waals surface area (Å²) < 4.78 is 49.8. The Morgan fingerprint density at radius 1 is 1.40 bits per heavy atom. The first-order valence-electron chi connectivity index (χ1n) is 5.70. The van der Waals surface area contributed by atoms with Crippen LogP contribution in [0.5, 0.6) is 0 Å². The van der Waals surface area contributed by atoms with Crippen molar-refractivity contribution in [3.05, 3.63) is 28.8 Å². The minimum absolute atomic E-state index is 0.135. The van der Waals surface area contributed by atoms with Crippen molar-refractivity contribution < 1.29 is 22.3 Å². The van der Waals surface area contributed by atoms with Gasteiger partial charge in [0.05, 0.1) is 18.0 Å². The van der Waals surface area contributed by atoms with E-state index in [1.54, 1.807) is 0 Å². The Bertz CT molecular complexity index is 555. The molecule has 0 fully saturated rings. The highest BCUT2D eigenvalue weighted by Gasteiger charge is 2.27. The van der Waals surface area contributed by atoms with Gasteiger partial charge in [-0.1, -0.05) is 17.7 Å². The van der Waals surface area contributed by atoms with Gasteiger partial charge in [-0.2, -0.15) is 4.31 Å². The molecule has 1 aromatic carbocycles. The first kappa shape index (κ1) is 17.3. The number of hydrogen-bond acceptors (Lipinski definition) is 4. The number of nitrogens with zero attached hydrogens (tertiary/aromatic N) is 1. The van der Waals surface area contributed by atoms with Crippen LogP contribution in [0.3, 0.4) is 0 Å². The van der Waals surface area contributed by atoms with Gasteiger partial charge in [0, 0.05) is 18.1 Å². The molecule has 20 heavy (non-hydrogen) atoms. The highest BCUT2D eigenvalue weighted by Crippen LogP contribution is 2.23. The van der Waals surface area contributed by atoms with Gasteiger partial charge in [-0.3, -0.25) is 0 Å². The molecule has 0 aliphatic carbocycles. The summed E-state index contributed by atoms with van der Waals surface area (Å²) in [5.74, 6) is 0. The zero-order valence-corrected chi connectivity index (χ0v) is 12.0. The topological polar surface area (TPSA) is 83.6 Å². The van der Waals surface area contributed by atoms with Crippen LogP contribution in [0.2, 0.25) is 5.02 Å². The molecule has 3 N–H and O–H groups in total. The van der Waals surface area contributed by atoms with Gasteiger partial charge in [0.15, 0.2) is 0 Å². The SMILES string of the molecule is NCc1ccc(S(=O)(=O)N(CCO)CC(F)F)cc1Cl. The predicted molar refractivity (Wildman–Crippen MR) is 71.2 cm³/mol. The fourth-order valence-corrected chi connectivity index (χ4v) is 3.34. The molecule has 5 nitrogen and oxygen atoms in total. The van der Waals surface area contributed by atoms with Crippen LogP contribution in [0, 0.1) is 0 Å². The van der Waals surface area contributed by atoms with Crippen molar-refractivity contribution in [1.29, 1.82) is 0 Å². The van der Waals surface area contributed by atoms with E-state index in [1.165, 1.54) is 12.1 Å². The van der Waals surface area contributed by atoms with Crippen molar-refractivity contribution in [3.8, 4) is 0 Å². The third kappa shape index (κ3) is 4.10. The summed E-state index contributed by atoms with van der Waals surface area (Å²) >= 11 is 5.86. The molecule has 0 saturated carbocycles. The van der Waals surface area contributed by atoms with Crippen LogP contribution in [0.1, 0.15) is 5.56 Å². The van der Waals surface area contributed by atoms with E-state index in [4.69, 9.17) is 22.4 Å². The van der Waals surface area contributed by atoms with Crippen molar-refractivity contribution in [1.82, 2.24) is 4.31 Å². The Morgan fingerprint density at radius 2 is 2.05 bits per heavy atom. The maximum absolute atomic E-state index is 12.4. The molecule has 0 unspecified atom stereocenters. The van der Waals surface area contributed by atoms with Crippen molar-refractivity contribution in [3.63, 3.8) is 0 Å². The largest absolute Gasteiger partial charge is 0.395 e. The Kier molecular flexibility index (Phi) is 6.28. The molecule has 0 aliphatic rings. The van der Waals surface area contributed by atoms with E-state index in [2.05, 4.69) is 0 Å². The number of sulfonamides is 1. The summed E-state index contributed by atoms with van der Waals surface area (Å²) in [6.07, 6.45) is -2.84. The molecule has 0 amide bonds. The number of nitrogens with two attached hydrogens (primary N) is 1. The standard InChI is InChI=1S/C11H15ClF2N2O3S/c12-10-5-9(2-1-8(10)6-15)20(18,19)16(3-4-17)7-11(13)14/h1-2,5,11,17H,3-4,6-7,15H2. The fourth-order valence-electron chi connectivity index (χ4n) is 1.58. The number of halogens is 3. The van der Waals surface area contributed by atoms with Crippen LogP contribution in [-0.4, -0.2) is 44.0 Å². The summed E-state index contributed by atoms with van der Waals surface area (Å²) in [5.41, 5.74) is 5.96. The smallest absolute Gasteiger partial charge is 0.252 e. The summed E-state index contributed by atoms with van der Waals surface area (Å²) in [6, 6.07) is 3.84. The second-order valence-electron chi connectivity index (χ2n) is 3.94. The molecule has 9 heteroatoms. The Hall–Kier alpha value is -0.800. The average Bonchev–Trinajstić information content (AvgIpc) is 2.37. The molecular formula is C11H15ClF2N2O3S. The normalized spacial score (nSPS) is 12.3. The lowest BCUT2D eigenvalue weighted by atomic mass is 10.2. The van der Waals surface area contributed by atoms with Gasteiger partial charge in [0.2, 0.25) is 10.0 Å². The van der Waals surface area contributed by atoms with Gasteiger partial charge in [0.25, 0.3) is 6.43 Å². The lowest BCUT2D eigenvalue weighted by Crippen LogP contribution is -2.37. The van der Waals surface area contributed by atoms with Crippen LogP contribution in [-0.2, 0) is 16.6 Å². The highest BCUT2D eigenvalue weighted by molar-refractivity contribution is 7.89. The number of hydrogen-bond donors (Lipinski definition) is 2. The monoisotopic (exact) mass is 328 g/mol. The molecule has 0 aromatic heterocycles. The van der Waals surface area contributed by atoms with E-state index in [0.717, 1.165) is 6.07 Å². The van der Waals surface area contributed by atoms with Crippen LogP contribution in [0.4, 0.5) is 8.78 Å². The number of aliphatic hydroxyl groups excluding tert-OH is 1. The second kappa shape index (κ2) is 7.28. The molecule has 0 bridgehead atoms. The number of alkyl halides is 2. The summed E-state index contributed by atoms with van der Waals surface area (Å²) in [7, 11) is -4.14.